The molecule has 0 saturated carbocycles. The van der Waals surface area contributed by atoms with Crippen LogP contribution in [0.4, 0.5) is 10.5 Å². The van der Waals surface area contributed by atoms with Crippen molar-refractivity contribution in [1.82, 2.24) is 4.90 Å². The highest BCUT2D eigenvalue weighted by atomic mass is 16.7. The second kappa shape index (κ2) is 7.29. The van der Waals surface area contributed by atoms with E-state index in [0.717, 1.165) is 11.1 Å². The van der Waals surface area contributed by atoms with Crippen molar-refractivity contribution < 1.29 is 23.7 Å². The number of benzene rings is 2. The summed E-state index contributed by atoms with van der Waals surface area (Å²) in [7, 11) is 3.22. The van der Waals surface area contributed by atoms with Crippen LogP contribution in [0.3, 0.4) is 0 Å². The molecular weight excluding hydrogens is 386 g/mol. The van der Waals surface area contributed by atoms with Gasteiger partial charge in [0.1, 0.15) is 5.84 Å². The zero-order chi connectivity index (χ0) is 20.7. The Hall–Kier alpha value is -3.68. The highest BCUT2D eigenvalue weighted by molar-refractivity contribution is 6.14. The average Bonchev–Trinajstić information content (AvgIpc) is 3.49. The molecule has 5 rings (SSSR count). The SMILES string of the molecule is COc1ccc(C2CN(C(=O)Nc3ccc4c(c3)OCO4)C3=NCC=C32)cc1OC. The van der Waals surface area contributed by atoms with Crippen LogP contribution in [-0.2, 0) is 0 Å². The molecule has 0 aliphatic carbocycles. The minimum Gasteiger partial charge on any atom is -0.493 e. The van der Waals surface area contributed by atoms with Crippen LogP contribution in [0.25, 0.3) is 0 Å². The molecule has 3 aliphatic rings. The number of likely N-dealkylation sites (tertiary alicyclic amines) is 1. The van der Waals surface area contributed by atoms with Gasteiger partial charge in [0.15, 0.2) is 23.0 Å². The van der Waals surface area contributed by atoms with Crippen molar-refractivity contribution in [2.75, 3.05) is 39.4 Å². The standard InChI is InChI=1S/C22H21N3O5/c1-27-17-5-3-13(9-19(17)28-2)16-11-25(21-15(16)7-8-23-21)22(26)24-14-4-6-18-20(10-14)30-12-29-18/h3-7,9-10,16H,8,11-12H2,1-2H3,(H,24,26). The number of ether oxygens (including phenoxy) is 4. The number of nitrogens with zero attached hydrogens (tertiary/aromatic N) is 2. The molecule has 0 radical (unpaired) electrons. The highest BCUT2D eigenvalue weighted by Gasteiger charge is 2.39. The summed E-state index contributed by atoms with van der Waals surface area (Å²) in [5.41, 5.74) is 2.75. The van der Waals surface area contributed by atoms with Gasteiger partial charge in [-0.25, -0.2) is 4.79 Å². The van der Waals surface area contributed by atoms with Gasteiger partial charge < -0.3 is 24.3 Å². The van der Waals surface area contributed by atoms with Crippen molar-refractivity contribution in [3.05, 3.63) is 53.6 Å². The zero-order valence-corrected chi connectivity index (χ0v) is 16.7. The molecule has 1 atom stereocenters. The lowest BCUT2D eigenvalue weighted by Gasteiger charge is -2.18. The van der Waals surface area contributed by atoms with Crippen molar-refractivity contribution >= 4 is 17.6 Å². The fraction of sp³-hybridized carbons (Fsp3) is 0.273. The summed E-state index contributed by atoms with van der Waals surface area (Å²) in [4.78, 5) is 19.3. The van der Waals surface area contributed by atoms with Crippen molar-refractivity contribution in [3.8, 4) is 23.0 Å². The number of carbonyl (C=O) groups excluding carboxylic acids is 1. The number of methoxy groups -OCH3 is 2. The van der Waals surface area contributed by atoms with Gasteiger partial charge in [0.05, 0.1) is 20.8 Å². The van der Waals surface area contributed by atoms with Crippen LogP contribution in [0.15, 0.2) is 53.0 Å². The Morgan fingerprint density at radius 3 is 2.77 bits per heavy atom. The molecule has 1 saturated heterocycles. The summed E-state index contributed by atoms with van der Waals surface area (Å²) in [6.07, 6.45) is 2.07. The van der Waals surface area contributed by atoms with Crippen LogP contribution < -0.4 is 24.3 Å². The van der Waals surface area contributed by atoms with E-state index in [9.17, 15) is 4.79 Å². The van der Waals surface area contributed by atoms with E-state index < -0.39 is 0 Å². The van der Waals surface area contributed by atoms with Crippen LogP contribution in [0.5, 0.6) is 23.0 Å². The first-order valence-corrected chi connectivity index (χ1v) is 9.63. The summed E-state index contributed by atoms with van der Waals surface area (Å²) in [5, 5.41) is 2.94. The number of aliphatic imine (C=N–C) groups is 1. The highest BCUT2D eigenvalue weighted by Crippen LogP contribution is 2.40. The molecule has 2 amide bonds. The van der Waals surface area contributed by atoms with E-state index in [1.165, 1.54) is 0 Å². The van der Waals surface area contributed by atoms with Crippen molar-refractivity contribution in [1.29, 1.82) is 0 Å². The normalized spacial score (nSPS) is 18.6. The molecule has 1 unspecified atom stereocenters. The molecule has 2 aromatic rings. The van der Waals surface area contributed by atoms with Crippen LogP contribution >= 0.6 is 0 Å². The largest absolute Gasteiger partial charge is 0.493 e. The van der Waals surface area contributed by atoms with Gasteiger partial charge in [0.2, 0.25) is 6.79 Å². The van der Waals surface area contributed by atoms with Crippen molar-refractivity contribution in [2.24, 2.45) is 4.99 Å². The van der Waals surface area contributed by atoms with Gasteiger partial charge in [-0.2, -0.15) is 0 Å². The first-order valence-electron chi connectivity index (χ1n) is 9.63. The monoisotopic (exact) mass is 407 g/mol. The van der Waals surface area contributed by atoms with Gasteiger partial charge in [0, 0.05) is 29.8 Å². The fourth-order valence-electron chi connectivity index (χ4n) is 4.02. The van der Waals surface area contributed by atoms with Gasteiger partial charge >= 0.3 is 6.03 Å². The van der Waals surface area contributed by atoms with Gasteiger partial charge in [-0.3, -0.25) is 9.89 Å². The Kier molecular flexibility index (Phi) is 4.46. The second-order valence-electron chi connectivity index (χ2n) is 7.10. The molecule has 3 aliphatic heterocycles. The van der Waals surface area contributed by atoms with Crippen molar-refractivity contribution in [3.63, 3.8) is 0 Å². The fourth-order valence-corrected chi connectivity index (χ4v) is 4.02. The Morgan fingerprint density at radius 1 is 1.10 bits per heavy atom. The molecule has 8 nitrogen and oxygen atoms in total. The molecule has 30 heavy (non-hydrogen) atoms. The molecule has 2 aromatic carbocycles. The molecule has 0 aromatic heterocycles. The minimum absolute atomic E-state index is 0.0218. The number of urea groups is 1. The maximum absolute atomic E-state index is 13.0. The molecule has 3 heterocycles. The molecule has 8 heteroatoms. The van der Waals surface area contributed by atoms with E-state index in [0.29, 0.717) is 47.6 Å². The quantitative estimate of drug-likeness (QED) is 0.840. The summed E-state index contributed by atoms with van der Waals surface area (Å²) in [6, 6.07) is 10.9. The Labute approximate surface area is 173 Å². The lowest BCUT2D eigenvalue weighted by atomic mass is 9.93. The van der Waals surface area contributed by atoms with Crippen molar-refractivity contribution in [2.45, 2.75) is 5.92 Å². The van der Waals surface area contributed by atoms with E-state index in [4.69, 9.17) is 18.9 Å². The summed E-state index contributed by atoms with van der Waals surface area (Å²) >= 11 is 0. The zero-order valence-electron chi connectivity index (χ0n) is 16.7. The number of nitrogens with one attached hydrogen (secondary N) is 1. The van der Waals surface area contributed by atoms with E-state index in [-0.39, 0.29) is 18.7 Å². The predicted octanol–water partition coefficient (Wildman–Crippen LogP) is 3.40. The lowest BCUT2D eigenvalue weighted by molar-refractivity contribution is 0.174. The Balaban J connectivity index is 1.38. The summed E-state index contributed by atoms with van der Waals surface area (Å²) < 4.78 is 21.5. The number of rotatable bonds is 4. The average molecular weight is 407 g/mol. The maximum atomic E-state index is 13.0. The lowest BCUT2D eigenvalue weighted by Crippen LogP contribution is -2.36. The smallest absolute Gasteiger partial charge is 0.327 e. The van der Waals surface area contributed by atoms with E-state index in [1.54, 1.807) is 37.3 Å². The minimum atomic E-state index is -0.233. The predicted molar refractivity (Wildman–Crippen MR) is 111 cm³/mol. The number of amides is 2. The third kappa shape index (κ3) is 3.01. The Morgan fingerprint density at radius 2 is 1.93 bits per heavy atom. The van der Waals surface area contributed by atoms with E-state index in [1.807, 2.05) is 18.2 Å². The molecule has 1 N–H and O–H groups in total. The molecule has 1 fully saturated rings. The van der Waals surface area contributed by atoms with E-state index in [2.05, 4.69) is 16.4 Å². The Bertz CT molecular complexity index is 1080. The molecular formula is C22H21N3O5. The summed E-state index contributed by atoms with van der Waals surface area (Å²) in [5.74, 6) is 3.37. The van der Waals surface area contributed by atoms with Crippen LogP contribution in [-0.4, -0.2) is 50.9 Å². The first-order chi connectivity index (χ1) is 14.7. The van der Waals surface area contributed by atoms with Crippen LogP contribution in [0.1, 0.15) is 11.5 Å². The van der Waals surface area contributed by atoms with Gasteiger partial charge in [-0.15, -0.1) is 0 Å². The number of amidine groups is 1. The number of anilines is 1. The number of hydrogen-bond donors (Lipinski definition) is 1. The number of hydrogen-bond acceptors (Lipinski definition) is 6. The molecule has 0 bridgehead atoms. The first kappa shape index (κ1) is 18.4. The van der Waals surface area contributed by atoms with Crippen LogP contribution in [0.2, 0.25) is 0 Å². The second-order valence-corrected chi connectivity index (χ2v) is 7.10. The van der Waals surface area contributed by atoms with E-state index >= 15 is 0 Å². The third-order valence-electron chi connectivity index (χ3n) is 5.49. The topological polar surface area (TPSA) is 81.6 Å². The molecule has 0 spiro atoms. The van der Waals surface area contributed by atoms with Gasteiger partial charge in [-0.1, -0.05) is 12.1 Å². The third-order valence-corrected chi connectivity index (χ3v) is 5.49. The van der Waals surface area contributed by atoms with Gasteiger partial charge in [0.25, 0.3) is 0 Å². The molecule has 154 valence electrons. The van der Waals surface area contributed by atoms with Crippen LogP contribution in [0, 0.1) is 0 Å². The number of carbonyl (C=O) groups is 1. The number of fused-ring (bicyclic) bond motifs is 2. The van der Waals surface area contributed by atoms with Gasteiger partial charge in [-0.05, 0) is 29.8 Å². The summed E-state index contributed by atoms with van der Waals surface area (Å²) in [6.45, 7) is 1.26. The maximum Gasteiger partial charge on any atom is 0.327 e.